The smallest absolute Gasteiger partial charge is 0.308 e. The Morgan fingerprint density at radius 3 is 2.57 bits per heavy atom. The molecule has 1 aromatic carbocycles. The van der Waals surface area contributed by atoms with E-state index < -0.39 is 11.9 Å². The van der Waals surface area contributed by atoms with Crippen LogP contribution in [0.3, 0.4) is 0 Å². The number of rotatable bonds is 5. The highest BCUT2D eigenvalue weighted by atomic mass is 79.9. The lowest BCUT2D eigenvalue weighted by atomic mass is 9.99. The van der Waals surface area contributed by atoms with E-state index in [1.54, 1.807) is 4.90 Å². The van der Waals surface area contributed by atoms with Crippen LogP contribution in [0, 0.1) is 11.8 Å². The van der Waals surface area contributed by atoms with E-state index in [2.05, 4.69) is 15.9 Å². The molecule has 1 aliphatic heterocycles. The lowest BCUT2D eigenvalue weighted by Crippen LogP contribution is -2.30. The van der Waals surface area contributed by atoms with E-state index in [-0.39, 0.29) is 18.2 Å². The second-order valence-corrected chi connectivity index (χ2v) is 6.19. The molecule has 2 atom stereocenters. The number of benzene rings is 1. The predicted molar refractivity (Wildman–Crippen MR) is 81.1 cm³/mol. The summed E-state index contributed by atoms with van der Waals surface area (Å²) in [5.74, 6) is -0.629. The van der Waals surface area contributed by atoms with E-state index in [4.69, 9.17) is 9.84 Å². The Hall–Kier alpha value is -1.56. The molecule has 21 heavy (non-hydrogen) atoms. The predicted octanol–water partition coefficient (Wildman–Crippen LogP) is 2.40. The summed E-state index contributed by atoms with van der Waals surface area (Å²) < 4.78 is 6.48. The minimum absolute atomic E-state index is 0.00107. The average Bonchev–Trinajstić information content (AvgIpc) is 2.83. The molecule has 1 fully saturated rings. The molecule has 0 radical (unpaired) electrons. The summed E-state index contributed by atoms with van der Waals surface area (Å²) in [7, 11) is 0. The van der Waals surface area contributed by atoms with Crippen LogP contribution in [0.15, 0.2) is 28.7 Å². The summed E-state index contributed by atoms with van der Waals surface area (Å²) in [6.45, 7) is 2.97. The molecule has 1 N–H and O–H groups in total. The van der Waals surface area contributed by atoms with Crippen LogP contribution in [0.25, 0.3) is 0 Å². The number of hydrogen-bond donors (Lipinski definition) is 1. The Kier molecular flexibility index (Phi) is 5.22. The van der Waals surface area contributed by atoms with E-state index in [1.807, 2.05) is 31.2 Å². The van der Waals surface area contributed by atoms with Gasteiger partial charge in [0.1, 0.15) is 5.75 Å². The normalized spacial score (nSPS) is 21.3. The first kappa shape index (κ1) is 15.8. The topological polar surface area (TPSA) is 66.8 Å². The van der Waals surface area contributed by atoms with Crippen molar-refractivity contribution < 1.29 is 19.4 Å². The Bertz CT molecular complexity index is 517. The summed E-state index contributed by atoms with van der Waals surface area (Å²) in [6, 6.07) is 7.40. The van der Waals surface area contributed by atoms with Gasteiger partial charge in [0.15, 0.2) is 0 Å². The summed E-state index contributed by atoms with van der Waals surface area (Å²) in [5, 5.41) is 9.06. The van der Waals surface area contributed by atoms with Crippen LogP contribution < -0.4 is 4.74 Å². The van der Waals surface area contributed by atoms with E-state index >= 15 is 0 Å². The van der Waals surface area contributed by atoms with Crippen molar-refractivity contribution in [3.8, 4) is 5.75 Å². The lowest BCUT2D eigenvalue weighted by molar-refractivity contribution is -0.142. The third kappa shape index (κ3) is 4.20. The quantitative estimate of drug-likeness (QED) is 0.880. The molecule has 5 nitrogen and oxygen atoms in total. The van der Waals surface area contributed by atoms with Gasteiger partial charge in [-0.05, 0) is 30.2 Å². The molecule has 114 valence electrons. The molecular formula is C15H18BrNO4. The SMILES string of the molecule is C[C@@H]1CN(C(=O)CCOc2ccc(Br)cc2)C[C@H]1C(=O)O. The Morgan fingerprint density at radius 1 is 1.33 bits per heavy atom. The molecule has 0 saturated carbocycles. The lowest BCUT2D eigenvalue weighted by Gasteiger charge is -2.16. The fraction of sp³-hybridized carbons (Fsp3) is 0.467. The average molecular weight is 356 g/mol. The second-order valence-electron chi connectivity index (χ2n) is 5.27. The van der Waals surface area contributed by atoms with Crippen LogP contribution in [0.2, 0.25) is 0 Å². The molecular weight excluding hydrogens is 338 g/mol. The van der Waals surface area contributed by atoms with Crippen LogP contribution in [0.1, 0.15) is 13.3 Å². The number of carboxylic acid groups (broad SMARTS) is 1. The molecule has 0 unspecified atom stereocenters. The maximum absolute atomic E-state index is 12.0. The van der Waals surface area contributed by atoms with Crippen molar-refractivity contribution in [1.29, 1.82) is 0 Å². The third-order valence-corrected chi connectivity index (χ3v) is 4.21. The number of carbonyl (C=O) groups excluding carboxylic acids is 1. The molecule has 6 heteroatoms. The number of hydrogen-bond acceptors (Lipinski definition) is 3. The van der Waals surface area contributed by atoms with Crippen LogP contribution >= 0.6 is 15.9 Å². The van der Waals surface area contributed by atoms with Crippen LogP contribution in [0.5, 0.6) is 5.75 Å². The number of carbonyl (C=O) groups is 2. The highest BCUT2D eigenvalue weighted by molar-refractivity contribution is 9.10. The van der Waals surface area contributed by atoms with Crippen molar-refractivity contribution in [2.24, 2.45) is 11.8 Å². The van der Waals surface area contributed by atoms with Crippen LogP contribution in [0.4, 0.5) is 0 Å². The number of likely N-dealkylation sites (tertiary alicyclic amines) is 1. The van der Waals surface area contributed by atoms with Gasteiger partial charge < -0.3 is 14.7 Å². The second kappa shape index (κ2) is 6.93. The van der Waals surface area contributed by atoms with Crippen molar-refractivity contribution in [3.05, 3.63) is 28.7 Å². The molecule has 0 spiro atoms. The van der Waals surface area contributed by atoms with Crippen molar-refractivity contribution in [2.75, 3.05) is 19.7 Å². The van der Waals surface area contributed by atoms with Crippen LogP contribution in [-0.2, 0) is 9.59 Å². The third-order valence-electron chi connectivity index (χ3n) is 3.68. The molecule has 0 aromatic heterocycles. The minimum atomic E-state index is -0.830. The number of halogens is 1. The molecule has 1 heterocycles. The minimum Gasteiger partial charge on any atom is -0.493 e. The van der Waals surface area contributed by atoms with Gasteiger partial charge >= 0.3 is 5.97 Å². The largest absolute Gasteiger partial charge is 0.493 e. The molecule has 1 aliphatic rings. The number of nitrogens with zero attached hydrogens (tertiary/aromatic N) is 1. The summed E-state index contributed by atoms with van der Waals surface area (Å²) in [5.41, 5.74) is 0. The van der Waals surface area contributed by atoms with Gasteiger partial charge in [-0.25, -0.2) is 0 Å². The van der Waals surface area contributed by atoms with Gasteiger partial charge in [-0.15, -0.1) is 0 Å². The molecule has 1 amide bonds. The van der Waals surface area contributed by atoms with Gasteiger partial charge in [-0.1, -0.05) is 22.9 Å². The van der Waals surface area contributed by atoms with Gasteiger partial charge in [0.05, 0.1) is 18.9 Å². The number of amides is 1. The summed E-state index contributed by atoms with van der Waals surface area (Å²) in [6.07, 6.45) is 0.259. The highest BCUT2D eigenvalue weighted by Crippen LogP contribution is 2.23. The number of carboxylic acids is 1. The maximum atomic E-state index is 12.0. The molecule has 2 rings (SSSR count). The highest BCUT2D eigenvalue weighted by Gasteiger charge is 2.36. The standard InChI is InChI=1S/C15H18BrNO4/c1-10-8-17(9-13(10)15(19)20)14(18)6-7-21-12-4-2-11(16)3-5-12/h2-5,10,13H,6-9H2,1H3,(H,19,20)/t10-,13-/m1/s1. The van der Waals surface area contributed by atoms with E-state index in [0.29, 0.717) is 25.4 Å². The zero-order valence-corrected chi connectivity index (χ0v) is 13.4. The van der Waals surface area contributed by atoms with Gasteiger partial charge in [0, 0.05) is 17.6 Å². The van der Waals surface area contributed by atoms with E-state index in [9.17, 15) is 9.59 Å². The summed E-state index contributed by atoms with van der Waals surface area (Å²) >= 11 is 3.34. The van der Waals surface area contributed by atoms with Crippen LogP contribution in [-0.4, -0.2) is 41.6 Å². The van der Waals surface area contributed by atoms with E-state index in [1.165, 1.54) is 0 Å². The zero-order chi connectivity index (χ0) is 15.4. The molecule has 0 bridgehead atoms. The monoisotopic (exact) mass is 355 g/mol. The Balaban J connectivity index is 1.77. The fourth-order valence-corrected chi connectivity index (χ4v) is 2.70. The molecule has 0 aliphatic carbocycles. The molecule has 1 saturated heterocycles. The van der Waals surface area contributed by atoms with Gasteiger partial charge in [-0.2, -0.15) is 0 Å². The zero-order valence-electron chi connectivity index (χ0n) is 11.8. The van der Waals surface area contributed by atoms with Crippen molar-refractivity contribution in [2.45, 2.75) is 13.3 Å². The van der Waals surface area contributed by atoms with E-state index in [0.717, 1.165) is 4.47 Å². The summed E-state index contributed by atoms with van der Waals surface area (Å²) in [4.78, 5) is 24.7. The number of aliphatic carboxylic acids is 1. The first-order valence-electron chi connectivity index (χ1n) is 6.86. The first-order chi connectivity index (χ1) is 9.97. The van der Waals surface area contributed by atoms with Gasteiger partial charge in [-0.3, -0.25) is 9.59 Å². The maximum Gasteiger partial charge on any atom is 0.308 e. The van der Waals surface area contributed by atoms with Gasteiger partial charge in [0.25, 0.3) is 0 Å². The Morgan fingerprint density at radius 2 is 2.00 bits per heavy atom. The van der Waals surface area contributed by atoms with Crippen molar-refractivity contribution in [1.82, 2.24) is 4.90 Å². The van der Waals surface area contributed by atoms with Crippen molar-refractivity contribution in [3.63, 3.8) is 0 Å². The van der Waals surface area contributed by atoms with Crippen molar-refractivity contribution >= 4 is 27.8 Å². The molecule has 1 aromatic rings. The number of ether oxygens (including phenoxy) is 1. The van der Waals surface area contributed by atoms with Gasteiger partial charge in [0.2, 0.25) is 5.91 Å². The first-order valence-corrected chi connectivity index (χ1v) is 7.65. The fourth-order valence-electron chi connectivity index (χ4n) is 2.44. The Labute approximate surface area is 132 Å².